The summed E-state index contributed by atoms with van der Waals surface area (Å²) in [4.78, 5) is 0. The first-order valence-corrected chi connectivity index (χ1v) is 7.75. The second-order valence-corrected chi connectivity index (χ2v) is 5.79. The lowest BCUT2D eigenvalue weighted by Gasteiger charge is -2.36. The van der Waals surface area contributed by atoms with Gasteiger partial charge in [-0.1, -0.05) is 39.0 Å². The molecule has 0 amide bonds. The van der Waals surface area contributed by atoms with Crippen LogP contribution in [0.5, 0.6) is 0 Å². The minimum atomic E-state index is 0.547. The molecule has 1 aliphatic carbocycles. The third kappa shape index (κ3) is 4.26. The molecule has 0 radical (unpaired) electrons. The van der Waals surface area contributed by atoms with Crippen LogP contribution in [0, 0.1) is 5.92 Å². The lowest BCUT2D eigenvalue weighted by Crippen LogP contribution is -2.41. The van der Waals surface area contributed by atoms with Crippen molar-refractivity contribution in [1.82, 2.24) is 5.32 Å². The first-order chi connectivity index (χ1) is 8.40. The molecule has 100 valence electrons. The quantitative estimate of drug-likeness (QED) is 0.814. The van der Waals surface area contributed by atoms with E-state index >= 15 is 0 Å². The van der Waals surface area contributed by atoms with E-state index in [-0.39, 0.29) is 0 Å². The topological polar surface area (TPSA) is 21.3 Å². The standard InChI is InChI=1S/C15H29NO/c1-2-16-14-10-11-17-15(12-14)13-8-6-4-3-5-7-9-13/h13-16H,2-12H2,1H3. The Hall–Kier alpha value is -0.0800. The molecule has 2 rings (SSSR count). The largest absolute Gasteiger partial charge is 0.378 e. The summed E-state index contributed by atoms with van der Waals surface area (Å²) in [6.07, 6.45) is 13.0. The third-order valence-electron chi connectivity index (χ3n) is 4.48. The molecule has 0 aromatic rings. The van der Waals surface area contributed by atoms with Crippen molar-refractivity contribution in [3.8, 4) is 0 Å². The van der Waals surface area contributed by atoms with Gasteiger partial charge in [-0.2, -0.15) is 0 Å². The lowest BCUT2D eigenvalue weighted by atomic mass is 9.83. The van der Waals surface area contributed by atoms with Crippen LogP contribution in [0.15, 0.2) is 0 Å². The fraction of sp³-hybridized carbons (Fsp3) is 1.00. The van der Waals surface area contributed by atoms with Gasteiger partial charge in [0.15, 0.2) is 0 Å². The van der Waals surface area contributed by atoms with Crippen molar-refractivity contribution in [3.63, 3.8) is 0 Å². The number of hydrogen-bond donors (Lipinski definition) is 1. The molecule has 2 aliphatic rings. The SMILES string of the molecule is CCNC1CCOC(C2CCCCCCC2)C1. The maximum absolute atomic E-state index is 6.05. The van der Waals surface area contributed by atoms with E-state index in [4.69, 9.17) is 4.74 Å². The van der Waals surface area contributed by atoms with E-state index in [1.807, 2.05) is 0 Å². The molecule has 1 N–H and O–H groups in total. The first kappa shape index (κ1) is 13.4. The smallest absolute Gasteiger partial charge is 0.0618 e. The zero-order chi connectivity index (χ0) is 11.9. The Morgan fingerprint density at radius 1 is 1.00 bits per heavy atom. The van der Waals surface area contributed by atoms with Crippen LogP contribution in [-0.2, 0) is 4.74 Å². The van der Waals surface area contributed by atoms with Crippen LogP contribution in [0.4, 0.5) is 0 Å². The predicted molar refractivity (Wildman–Crippen MR) is 72.2 cm³/mol. The van der Waals surface area contributed by atoms with Crippen LogP contribution in [0.1, 0.15) is 64.7 Å². The molecule has 17 heavy (non-hydrogen) atoms. The Kier molecular flexibility index (Phi) is 5.79. The normalized spacial score (nSPS) is 33.0. The summed E-state index contributed by atoms with van der Waals surface area (Å²) in [5.41, 5.74) is 0. The van der Waals surface area contributed by atoms with Gasteiger partial charge in [-0.05, 0) is 38.1 Å². The van der Waals surface area contributed by atoms with Crippen LogP contribution >= 0.6 is 0 Å². The molecule has 0 aromatic carbocycles. The second-order valence-electron chi connectivity index (χ2n) is 5.79. The molecule has 2 unspecified atom stereocenters. The van der Waals surface area contributed by atoms with Gasteiger partial charge in [-0.3, -0.25) is 0 Å². The minimum absolute atomic E-state index is 0.547. The van der Waals surface area contributed by atoms with E-state index in [0.717, 1.165) is 19.1 Å². The summed E-state index contributed by atoms with van der Waals surface area (Å²) in [5.74, 6) is 0.844. The van der Waals surface area contributed by atoms with Crippen molar-refractivity contribution < 1.29 is 4.74 Å². The number of rotatable bonds is 3. The molecule has 2 heteroatoms. The molecule has 0 aromatic heterocycles. The Balaban J connectivity index is 1.81. The molecule has 2 nitrogen and oxygen atoms in total. The monoisotopic (exact) mass is 239 g/mol. The molecule has 1 aliphatic heterocycles. The molecule has 2 fully saturated rings. The number of ether oxygens (including phenoxy) is 1. The fourth-order valence-corrected chi connectivity index (χ4v) is 3.49. The zero-order valence-corrected chi connectivity index (χ0v) is 11.4. The molecule has 1 saturated heterocycles. The Labute approximate surface area is 107 Å². The summed E-state index contributed by atoms with van der Waals surface area (Å²) < 4.78 is 6.05. The molecule has 2 atom stereocenters. The highest BCUT2D eigenvalue weighted by molar-refractivity contribution is 4.82. The van der Waals surface area contributed by atoms with Gasteiger partial charge in [0.25, 0.3) is 0 Å². The lowest BCUT2D eigenvalue weighted by molar-refractivity contribution is -0.0387. The van der Waals surface area contributed by atoms with Crippen LogP contribution in [0.3, 0.4) is 0 Å². The molecule has 0 spiro atoms. The van der Waals surface area contributed by atoms with Gasteiger partial charge in [-0.15, -0.1) is 0 Å². The fourth-order valence-electron chi connectivity index (χ4n) is 3.49. The predicted octanol–water partition coefficient (Wildman–Crippen LogP) is 3.50. The summed E-state index contributed by atoms with van der Waals surface area (Å²) in [5, 5.41) is 3.60. The van der Waals surface area contributed by atoms with Gasteiger partial charge >= 0.3 is 0 Å². The van der Waals surface area contributed by atoms with Crippen LogP contribution in [-0.4, -0.2) is 25.3 Å². The highest BCUT2D eigenvalue weighted by atomic mass is 16.5. The van der Waals surface area contributed by atoms with Gasteiger partial charge < -0.3 is 10.1 Å². The van der Waals surface area contributed by atoms with E-state index in [9.17, 15) is 0 Å². The van der Waals surface area contributed by atoms with Gasteiger partial charge in [-0.25, -0.2) is 0 Å². The second kappa shape index (κ2) is 7.38. The summed E-state index contributed by atoms with van der Waals surface area (Å²) in [6.45, 7) is 4.28. The van der Waals surface area contributed by atoms with Crippen molar-refractivity contribution in [2.24, 2.45) is 5.92 Å². The van der Waals surface area contributed by atoms with Crippen molar-refractivity contribution in [2.75, 3.05) is 13.2 Å². The average molecular weight is 239 g/mol. The van der Waals surface area contributed by atoms with Gasteiger partial charge in [0.2, 0.25) is 0 Å². The number of nitrogens with one attached hydrogen (secondary N) is 1. The summed E-state index contributed by atoms with van der Waals surface area (Å²) >= 11 is 0. The van der Waals surface area contributed by atoms with Crippen molar-refractivity contribution >= 4 is 0 Å². The first-order valence-electron chi connectivity index (χ1n) is 7.75. The maximum Gasteiger partial charge on any atom is 0.0618 e. The van der Waals surface area contributed by atoms with E-state index in [0.29, 0.717) is 12.1 Å². The Morgan fingerprint density at radius 3 is 2.41 bits per heavy atom. The summed E-state index contributed by atoms with van der Waals surface area (Å²) in [7, 11) is 0. The molecular weight excluding hydrogens is 210 g/mol. The molecule has 1 heterocycles. The maximum atomic E-state index is 6.05. The highest BCUT2D eigenvalue weighted by Crippen LogP contribution is 2.30. The van der Waals surface area contributed by atoms with Crippen molar-refractivity contribution in [2.45, 2.75) is 76.9 Å². The minimum Gasteiger partial charge on any atom is -0.378 e. The van der Waals surface area contributed by atoms with Crippen LogP contribution in [0.25, 0.3) is 0 Å². The molecule has 1 saturated carbocycles. The highest BCUT2D eigenvalue weighted by Gasteiger charge is 2.28. The summed E-state index contributed by atoms with van der Waals surface area (Å²) in [6, 6.07) is 0.712. The molecule has 0 bridgehead atoms. The van der Waals surface area contributed by atoms with Crippen molar-refractivity contribution in [1.29, 1.82) is 0 Å². The van der Waals surface area contributed by atoms with Gasteiger partial charge in [0.1, 0.15) is 0 Å². The van der Waals surface area contributed by atoms with E-state index < -0.39 is 0 Å². The van der Waals surface area contributed by atoms with Gasteiger partial charge in [0.05, 0.1) is 6.10 Å². The van der Waals surface area contributed by atoms with E-state index in [2.05, 4.69) is 12.2 Å². The Morgan fingerprint density at radius 2 is 1.71 bits per heavy atom. The van der Waals surface area contributed by atoms with Crippen molar-refractivity contribution in [3.05, 3.63) is 0 Å². The van der Waals surface area contributed by atoms with Gasteiger partial charge in [0, 0.05) is 12.6 Å². The van der Waals surface area contributed by atoms with E-state index in [1.54, 1.807) is 0 Å². The average Bonchev–Trinajstić information content (AvgIpc) is 2.29. The van der Waals surface area contributed by atoms with Crippen LogP contribution in [0.2, 0.25) is 0 Å². The third-order valence-corrected chi connectivity index (χ3v) is 4.48. The molecular formula is C15H29NO. The zero-order valence-electron chi connectivity index (χ0n) is 11.4. The van der Waals surface area contributed by atoms with E-state index in [1.165, 1.54) is 57.8 Å². The number of hydrogen-bond acceptors (Lipinski definition) is 2. The Bertz CT molecular complexity index is 197. The van der Waals surface area contributed by atoms with Crippen LogP contribution < -0.4 is 5.32 Å².